The molecular formula is C65H91N3O17+2. The molecule has 5 heterocycles. The lowest BCUT2D eigenvalue weighted by Gasteiger charge is -2.42. The summed E-state index contributed by atoms with van der Waals surface area (Å²) in [5.74, 6) is -10.4. The van der Waals surface area contributed by atoms with Crippen LogP contribution >= 0.6 is 0 Å². The first-order chi connectivity index (χ1) is 40.4. The van der Waals surface area contributed by atoms with Crippen LogP contribution < -0.4 is 9.13 Å². The Morgan fingerprint density at radius 1 is 0.765 bits per heavy atom. The highest BCUT2D eigenvalue weighted by Crippen LogP contribution is 2.38. The van der Waals surface area contributed by atoms with E-state index >= 15 is 0 Å². The summed E-state index contributed by atoms with van der Waals surface area (Å²) in [5.41, 5.74) is 1.19. The Labute approximate surface area is 500 Å². The second kappa shape index (κ2) is 31.8. The van der Waals surface area contributed by atoms with E-state index in [2.05, 4.69) is 0 Å². The van der Waals surface area contributed by atoms with Gasteiger partial charge in [0.15, 0.2) is 41.9 Å². The number of pyridine rings is 2. The number of amides is 1. The molecule has 0 aromatic carbocycles. The van der Waals surface area contributed by atoms with E-state index in [4.69, 9.17) is 33.2 Å². The van der Waals surface area contributed by atoms with Crippen LogP contribution in [0.25, 0.3) is 0 Å². The number of nitrogens with zero attached hydrogens (tertiary/aromatic N) is 3. The van der Waals surface area contributed by atoms with E-state index in [0.717, 1.165) is 10.5 Å². The molecule has 466 valence electrons. The first-order valence-electron chi connectivity index (χ1n) is 30.0. The largest absolute Gasteiger partial charge is 0.503 e. The first kappa shape index (κ1) is 67.7. The van der Waals surface area contributed by atoms with Crippen LogP contribution in [-0.4, -0.2) is 144 Å². The van der Waals surface area contributed by atoms with Crippen molar-refractivity contribution in [1.29, 1.82) is 0 Å². The molecule has 0 radical (unpaired) electrons. The Morgan fingerprint density at radius 3 is 2.07 bits per heavy atom. The van der Waals surface area contributed by atoms with Crippen LogP contribution in [0.2, 0.25) is 0 Å². The SMILES string of the molecule is CO[C@H]1C[C@@H]2CC[C@@H](C)[C@@](O)(O2)C(=O)C(=O)N2CCCC[C@H]2C(=O)O[C@H]([C@H](C)C[C@@H]2CC[C@@H](OC(=O)C[n+]3cccc(O)c3)[C@H](OC)C2)CC(=O)[C@H](C)/C=C(\C)[C@@H](OC(=O)C[n+]2cccc(O)c2)[C@@H](OC)C(=O)[C@H](C)C[C@H](C)/C=C/C=C/C=C/1C. The highest BCUT2D eigenvalue weighted by Gasteiger charge is 2.53. The van der Waals surface area contributed by atoms with Gasteiger partial charge in [0.25, 0.3) is 11.7 Å². The molecule has 1 saturated carbocycles. The molecule has 2 bridgehead atoms. The molecule has 2 saturated heterocycles. The lowest BCUT2D eigenvalue weighted by atomic mass is 9.78. The third-order valence-corrected chi connectivity index (χ3v) is 17.3. The second-order valence-electron chi connectivity index (χ2n) is 24.0. The minimum atomic E-state index is -2.49. The molecule has 2 aromatic rings. The number of aromatic hydroxyl groups is 2. The standard InChI is InChI=1S/C65H89N3O17/c1-40-18-12-11-13-19-41(2)54(79-8)34-50-25-23-46(7)65(78,85-50)62(75)63(76)68-29-15-14-22-51(68)64(77)83-55(43(4)32-47-24-26-53(56(33-47)80-9)82-57(72)38-66-27-16-20-48(69)36-66)35-52(71)42(3)31-45(6)60(61(81-10)59(74)44(5)30-40)84-58(73)39-67-28-17-21-49(70)37-67/h11-13,16-21,27-28,31,36-37,40,42-44,46-47,50-51,53-56,60-61,78H,14-15,22-26,29-30,32-35,38-39H2,1-10H3/p+2/b13-11+,18-12+,41-19+,45-31+/t40-,42-,43-,44-,46-,47+,50+,51+,53-,54+,55+,56-,60-,61+,65-/m1/s1. The van der Waals surface area contributed by atoms with Crippen LogP contribution in [0.4, 0.5) is 0 Å². The van der Waals surface area contributed by atoms with E-state index in [1.807, 2.05) is 51.2 Å². The van der Waals surface area contributed by atoms with Crippen molar-refractivity contribution in [2.75, 3.05) is 27.9 Å². The van der Waals surface area contributed by atoms with Crippen molar-refractivity contribution in [3.63, 3.8) is 0 Å². The number of aliphatic hydroxyl groups is 1. The van der Waals surface area contributed by atoms with Crippen LogP contribution in [0.1, 0.15) is 126 Å². The van der Waals surface area contributed by atoms with E-state index in [1.165, 1.54) is 40.8 Å². The van der Waals surface area contributed by atoms with Crippen molar-refractivity contribution in [1.82, 2.24) is 4.90 Å². The molecule has 3 fully saturated rings. The maximum Gasteiger partial charge on any atom is 0.373 e. The van der Waals surface area contributed by atoms with E-state index in [9.17, 15) is 48.9 Å². The highest BCUT2D eigenvalue weighted by molar-refractivity contribution is 6.39. The number of piperidine rings is 1. The van der Waals surface area contributed by atoms with E-state index < -0.39 is 108 Å². The van der Waals surface area contributed by atoms with Gasteiger partial charge in [-0.05, 0) is 119 Å². The van der Waals surface area contributed by atoms with Gasteiger partial charge in [-0.3, -0.25) is 19.2 Å². The molecule has 0 unspecified atom stereocenters. The van der Waals surface area contributed by atoms with E-state index in [1.54, 1.807) is 72.5 Å². The van der Waals surface area contributed by atoms with Gasteiger partial charge in [-0.1, -0.05) is 71.1 Å². The van der Waals surface area contributed by atoms with Crippen molar-refractivity contribution in [2.45, 2.75) is 193 Å². The number of hydrogen-bond acceptors (Lipinski definition) is 17. The normalized spacial score (nSPS) is 33.4. The molecule has 3 aliphatic heterocycles. The summed E-state index contributed by atoms with van der Waals surface area (Å²) in [6.45, 7) is 12.1. The molecule has 85 heavy (non-hydrogen) atoms. The quantitative estimate of drug-likeness (QED) is 0.0659. The minimum absolute atomic E-state index is 0.000257. The molecule has 20 heteroatoms. The minimum Gasteiger partial charge on any atom is -0.503 e. The van der Waals surface area contributed by atoms with Gasteiger partial charge in [0.1, 0.15) is 24.0 Å². The van der Waals surface area contributed by atoms with Crippen LogP contribution in [0.3, 0.4) is 0 Å². The fraction of sp³-hybridized carbons (Fsp3) is 0.615. The summed E-state index contributed by atoms with van der Waals surface area (Å²) in [6.07, 6.45) is 15.6. The first-order valence-corrected chi connectivity index (χ1v) is 30.0. The number of carbonyl (C=O) groups is 7. The van der Waals surface area contributed by atoms with Gasteiger partial charge in [-0.2, -0.15) is 9.13 Å². The van der Waals surface area contributed by atoms with Crippen molar-refractivity contribution >= 4 is 41.2 Å². The molecule has 4 aliphatic rings. The Morgan fingerprint density at radius 2 is 1.44 bits per heavy atom. The number of Topliss-reactive ketones (excluding diaryl/α,β-unsaturated/α-hetero) is 3. The topological polar surface area (TPSA) is 256 Å². The van der Waals surface area contributed by atoms with Gasteiger partial charge in [0, 0.05) is 70.6 Å². The van der Waals surface area contributed by atoms with Crippen molar-refractivity contribution in [2.24, 2.45) is 35.5 Å². The summed E-state index contributed by atoms with van der Waals surface area (Å²) in [5, 5.41) is 32.2. The zero-order valence-electron chi connectivity index (χ0n) is 51.2. The molecule has 0 spiro atoms. The molecule has 1 amide bonds. The molecule has 6 rings (SSSR count). The van der Waals surface area contributed by atoms with Crippen molar-refractivity contribution < 1.29 is 91.2 Å². The molecule has 15 atom stereocenters. The van der Waals surface area contributed by atoms with Gasteiger partial charge in [-0.25, -0.2) is 14.4 Å². The molecular weight excluding hydrogens is 1090 g/mol. The third-order valence-electron chi connectivity index (χ3n) is 17.3. The number of aromatic nitrogens is 2. The fourth-order valence-corrected chi connectivity index (χ4v) is 12.3. The second-order valence-corrected chi connectivity index (χ2v) is 24.0. The van der Waals surface area contributed by atoms with Gasteiger partial charge in [0.05, 0.1) is 18.3 Å². The number of cyclic esters (lactones) is 1. The summed E-state index contributed by atoms with van der Waals surface area (Å²) in [7, 11) is 4.46. The Balaban J connectivity index is 1.33. The smallest absolute Gasteiger partial charge is 0.373 e. The van der Waals surface area contributed by atoms with Crippen molar-refractivity contribution in [3.05, 3.63) is 96.7 Å². The summed E-state index contributed by atoms with van der Waals surface area (Å²) < 4.78 is 45.2. The van der Waals surface area contributed by atoms with E-state index in [-0.39, 0.29) is 73.8 Å². The average Bonchev–Trinajstić information content (AvgIpc) is 3.52. The summed E-state index contributed by atoms with van der Waals surface area (Å²) in [6, 6.07) is 4.89. The van der Waals surface area contributed by atoms with Gasteiger partial charge < -0.3 is 53.4 Å². The number of fused-ring (bicyclic) bond motifs is 3. The Hall–Kier alpha value is -6.45. The number of rotatable bonds is 12. The molecule has 20 nitrogen and oxygen atoms in total. The zero-order valence-corrected chi connectivity index (χ0v) is 51.2. The number of allylic oxidation sites excluding steroid dienone is 6. The zero-order chi connectivity index (χ0) is 62.1. The summed E-state index contributed by atoms with van der Waals surface area (Å²) in [4.78, 5) is 101. The van der Waals surface area contributed by atoms with E-state index in [0.29, 0.717) is 63.4 Å². The van der Waals surface area contributed by atoms with Crippen LogP contribution in [0.5, 0.6) is 11.5 Å². The molecule has 2 aromatic heterocycles. The molecule has 1 aliphatic carbocycles. The average molecular weight is 1190 g/mol. The number of esters is 3. The summed E-state index contributed by atoms with van der Waals surface area (Å²) >= 11 is 0. The van der Waals surface area contributed by atoms with Crippen molar-refractivity contribution in [3.8, 4) is 11.5 Å². The Kier molecular flexibility index (Phi) is 25.3. The number of ketones is 3. The number of hydrogen-bond donors (Lipinski definition) is 3. The lowest BCUT2D eigenvalue weighted by Crippen LogP contribution is -2.61. The van der Waals surface area contributed by atoms with Gasteiger partial charge >= 0.3 is 17.9 Å². The monoisotopic (exact) mass is 1190 g/mol. The number of ether oxygens (including phenoxy) is 7. The molecule has 3 N–H and O–H groups in total. The van der Waals surface area contributed by atoms with Crippen LogP contribution in [0.15, 0.2) is 96.7 Å². The highest BCUT2D eigenvalue weighted by atomic mass is 16.6. The Bertz CT molecular complexity index is 2780. The number of carbonyl (C=O) groups excluding carboxylic acids is 7. The predicted octanol–water partition coefficient (Wildman–Crippen LogP) is 6.67. The maximum atomic E-state index is 14.8. The maximum absolute atomic E-state index is 14.8. The fourth-order valence-electron chi connectivity index (χ4n) is 12.3. The van der Waals surface area contributed by atoms with Crippen LogP contribution in [0, 0.1) is 35.5 Å². The van der Waals surface area contributed by atoms with Crippen LogP contribution in [-0.2, 0) is 79.8 Å². The predicted molar refractivity (Wildman–Crippen MR) is 309 cm³/mol. The van der Waals surface area contributed by atoms with Gasteiger partial charge in [-0.15, -0.1) is 0 Å². The third kappa shape index (κ3) is 18.8. The van der Waals surface area contributed by atoms with Gasteiger partial charge in [0.2, 0.25) is 31.3 Å². The number of methoxy groups -OCH3 is 3. The lowest BCUT2D eigenvalue weighted by molar-refractivity contribution is -0.686.